The number of fused-ring (bicyclic) bond motifs is 3. The molecule has 3 aliphatic heterocycles. The average Bonchev–Trinajstić information content (AvgIpc) is 1.59. The third-order valence-corrected chi connectivity index (χ3v) is 21.6. The molecule has 0 spiro atoms. The maximum Gasteiger partial charge on any atom is 0.490 e. The van der Waals surface area contributed by atoms with E-state index in [0.29, 0.717) is 76.3 Å². The molecular formula is C79H76F3N20O11S3+3. The summed E-state index contributed by atoms with van der Waals surface area (Å²) in [6.07, 6.45) is 15.8. The van der Waals surface area contributed by atoms with Gasteiger partial charge in [-0.2, -0.15) is 28.1 Å². The largest absolute Gasteiger partial charge is 0.490 e. The third kappa shape index (κ3) is 20.2. The summed E-state index contributed by atoms with van der Waals surface area (Å²) in [6.45, 7) is 5.01. The number of aliphatic hydroxyl groups excluding tert-OH is 3. The van der Waals surface area contributed by atoms with Crippen molar-refractivity contribution in [3.63, 3.8) is 0 Å². The van der Waals surface area contributed by atoms with E-state index in [1.165, 1.54) is 43.1 Å². The number of hydrogen-bond donors (Lipinski definition) is 9. The van der Waals surface area contributed by atoms with E-state index in [4.69, 9.17) is 40.2 Å². The van der Waals surface area contributed by atoms with Crippen molar-refractivity contribution in [2.45, 2.75) is 79.0 Å². The van der Waals surface area contributed by atoms with Crippen molar-refractivity contribution in [2.75, 3.05) is 41.5 Å². The molecule has 15 rings (SSSR count). The monoisotopic (exact) mass is 1630 g/mol. The van der Waals surface area contributed by atoms with Crippen LogP contribution in [0.3, 0.4) is 0 Å². The van der Waals surface area contributed by atoms with Crippen LogP contribution in [0.2, 0.25) is 0 Å². The van der Waals surface area contributed by atoms with Crippen LogP contribution in [0.1, 0.15) is 91.9 Å². The van der Waals surface area contributed by atoms with Gasteiger partial charge in [-0.05, 0) is 89.8 Å². The lowest BCUT2D eigenvalue weighted by Gasteiger charge is -2.18. The molecule has 31 nitrogen and oxygen atoms in total. The summed E-state index contributed by atoms with van der Waals surface area (Å²) in [5.41, 5.74) is 8.92. The summed E-state index contributed by atoms with van der Waals surface area (Å²) < 4.78 is 110. The number of primary sulfonamides is 2. The molecule has 0 radical (unpaired) electrons. The first kappa shape index (κ1) is 82.6. The van der Waals surface area contributed by atoms with E-state index >= 15 is 0 Å². The van der Waals surface area contributed by atoms with Crippen LogP contribution in [0.4, 0.5) is 30.6 Å². The molecule has 3 atom stereocenters. The number of carbonyl (C=O) groups is 1. The molecule has 0 saturated heterocycles. The van der Waals surface area contributed by atoms with Crippen LogP contribution in [0.5, 0.6) is 0 Å². The lowest BCUT2D eigenvalue weighted by Crippen LogP contribution is -2.43. The van der Waals surface area contributed by atoms with Crippen molar-refractivity contribution in [1.29, 1.82) is 0 Å². The van der Waals surface area contributed by atoms with Gasteiger partial charge in [0.15, 0.2) is 28.5 Å². The number of sulfone groups is 1. The summed E-state index contributed by atoms with van der Waals surface area (Å²) in [7, 11) is -11.5. The lowest BCUT2D eigenvalue weighted by molar-refractivity contribution is -0.587. The molecule has 37 heteroatoms. The molecule has 0 aliphatic carbocycles. The number of pyridine rings is 6. The second-order valence-corrected chi connectivity index (χ2v) is 32.4. The Hall–Kier alpha value is -12.9. The number of rotatable bonds is 22. The van der Waals surface area contributed by atoms with Crippen molar-refractivity contribution in [2.24, 2.45) is 15.7 Å². The summed E-state index contributed by atoms with van der Waals surface area (Å²) >= 11 is 0. The van der Waals surface area contributed by atoms with Crippen molar-refractivity contribution < 1.29 is 76.7 Å². The molecule has 594 valence electrons. The van der Waals surface area contributed by atoms with E-state index in [9.17, 15) is 53.7 Å². The minimum Gasteiger partial charge on any atom is -0.475 e. The highest BCUT2D eigenvalue weighted by atomic mass is 32.2. The fourth-order valence-electron chi connectivity index (χ4n) is 12.4. The van der Waals surface area contributed by atoms with E-state index < -0.39 is 65.6 Å². The number of aliphatic hydroxyl groups is 3. The minimum absolute atomic E-state index is 0.0108. The Balaban J connectivity index is 0.000000154. The number of aliphatic carboxylic acids is 1. The molecule has 0 saturated carbocycles. The third-order valence-electron chi connectivity index (χ3n) is 17.7. The van der Waals surface area contributed by atoms with Crippen LogP contribution in [-0.2, 0) is 34.7 Å². The molecule has 12 aromatic rings. The molecular weight excluding hydrogens is 1560 g/mol. The highest BCUT2D eigenvalue weighted by molar-refractivity contribution is 7.91. The number of aromatic nitrogens is 15. The molecule has 12 heterocycles. The lowest BCUT2D eigenvalue weighted by atomic mass is 10.0. The first-order valence-corrected chi connectivity index (χ1v) is 40.3. The Morgan fingerprint density at radius 2 is 0.724 bits per heavy atom. The van der Waals surface area contributed by atoms with Gasteiger partial charge >= 0.3 is 12.1 Å². The van der Waals surface area contributed by atoms with Gasteiger partial charge in [0.2, 0.25) is 55.0 Å². The second-order valence-electron chi connectivity index (χ2n) is 27.3. The smallest absolute Gasteiger partial charge is 0.475 e. The number of hydrogen-bond acceptors (Lipinski definition) is 25. The van der Waals surface area contributed by atoms with Gasteiger partial charge in [-0.3, -0.25) is 29.9 Å². The number of nitrogens with one attached hydrogen (secondary N) is 3. The highest BCUT2D eigenvalue weighted by Crippen LogP contribution is 2.29. The van der Waals surface area contributed by atoms with Crippen LogP contribution >= 0.6 is 0 Å². The SMILES string of the molecule is CC(C)(C)CS(=O)(=O)c1cncc(-c2nc(NC(CO)c3ccccn3)c3[n+](n2)=CCC=3c2ccccc2)c1.NS(=O)(=O)c1cncc(-c2nc(NC(CO)c3ccccn3)c3[n+](n2)=CCC=3c2ccccc2)c1.NS(=O)(=O)c1cncc(-c2nc(NC(CO)c3ccccn3)c3[n+](n2)=CCC=3c2ccccc2)c1.O=C(O)C(F)(F)F. The number of nitrogens with zero attached hydrogens (tertiary/aromatic N) is 15. The molecule has 0 amide bonds. The van der Waals surface area contributed by atoms with Crippen molar-refractivity contribution in [3.8, 4) is 34.2 Å². The second kappa shape index (κ2) is 35.7. The van der Waals surface area contributed by atoms with Crippen LogP contribution in [0.25, 0.3) is 50.9 Å². The number of sulfonamides is 2. The van der Waals surface area contributed by atoms with Crippen molar-refractivity contribution in [1.82, 2.24) is 60.2 Å². The zero-order valence-electron chi connectivity index (χ0n) is 62.1. The highest BCUT2D eigenvalue weighted by Gasteiger charge is 2.38. The number of carboxylic acids is 1. The van der Waals surface area contributed by atoms with Gasteiger partial charge in [0.05, 0.1) is 84.9 Å². The molecule has 0 bridgehead atoms. The fraction of sp³-hybridized carbons (Fsp3) is 0.190. The number of benzene rings is 3. The van der Waals surface area contributed by atoms with Crippen molar-refractivity contribution in [3.05, 3.63) is 288 Å². The Kier molecular flexibility index (Phi) is 25.4. The standard InChI is InChI=1S/C29H31N6O3S.2C24H22N7O3S.C2HF3O2/c1-29(2,3)19-39(37,38)22-15-21(16-30-17-22)27-33-28(32-25(18-36)24-11-7-8-13-31-24)26-23(12-14-35(26)34-27)20-9-5-4-6-10-20;2*25-35(33,34)18-12-17(13-26-14-18)23-29-24(28-21(15-32)20-8-4-5-10-27-20)22-19(9-11-31(22)30-23)16-6-2-1-3-7-16;3-2(4,5)1(6)7/h4-11,13-17,25,36H,12,18-19H2,1-3H3,(H,32,33,34);2*1-8,10-14,21,32H,9,15H2,(H2,25,33,34)(H,28,29,30);(H,6,7)/q3*+1;. The number of anilines is 3. The number of halogens is 3. The molecule has 9 aromatic heterocycles. The average molecular weight is 1630 g/mol. The van der Waals surface area contributed by atoms with E-state index in [1.54, 1.807) is 56.1 Å². The quantitative estimate of drug-likeness (QED) is 0.0416. The van der Waals surface area contributed by atoms with Gasteiger partial charge in [0, 0.05) is 104 Å². The predicted molar refractivity (Wildman–Crippen MR) is 416 cm³/mol. The molecule has 116 heavy (non-hydrogen) atoms. The van der Waals surface area contributed by atoms with Crippen LogP contribution in [0, 0.1) is 24.1 Å². The summed E-state index contributed by atoms with van der Waals surface area (Å²) in [6, 6.07) is 49.0. The van der Waals surface area contributed by atoms with Crippen LogP contribution < -0.4 is 55.3 Å². The molecule has 3 aromatic carbocycles. The summed E-state index contributed by atoms with van der Waals surface area (Å²) in [4.78, 5) is 48.4. The Bertz CT molecular complexity index is 6150. The summed E-state index contributed by atoms with van der Waals surface area (Å²) in [5.74, 6) is -0.530. The van der Waals surface area contributed by atoms with Crippen molar-refractivity contribution >= 4 is 70.0 Å². The van der Waals surface area contributed by atoms with E-state index in [-0.39, 0.29) is 51.9 Å². The molecule has 0 fully saturated rings. The Morgan fingerprint density at radius 3 is 0.983 bits per heavy atom. The van der Waals surface area contributed by atoms with Gasteiger partial charge < -0.3 is 36.4 Å². The Morgan fingerprint density at radius 1 is 0.440 bits per heavy atom. The molecule has 3 aliphatic rings. The van der Waals surface area contributed by atoms with E-state index in [0.717, 1.165) is 49.5 Å². The maximum absolute atomic E-state index is 13.1. The predicted octanol–water partition coefficient (Wildman–Crippen LogP) is 4.69. The van der Waals surface area contributed by atoms with Gasteiger partial charge in [0.25, 0.3) is 16.0 Å². The van der Waals surface area contributed by atoms with Gasteiger partial charge in [-0.25, -0.2) is 40.3 Å². The van der Waals surface area contributed by atoms with Gasteiger partial charge in [0.1, 0.15) is 9.79 Å². The molecule has 3 unspecified atom stereocenters. The zero-order chi connectivity index (χ0) is 82.5. The maximum atomic E-state index is 13.1. The number of nitrogens with two attached hydrogens (primary N) is 2. The minimum atomic E-state index is -5.08. The Labute approximate surface area is 661 Å². The summed E-state index contributed by atoms with van der Waals surface area (Å²) in [5, 5.41) is 74.4. The van der Waals surface area contributed by atoms with Crippen LogP contribution in [-0.4, -0.2) is 144 Å². The zero-order valence-corrected chi connectivity index (χ0v) is 64.5. The van der Waals surface area contributed by atoms with E-state index in [1.807, 2.05) is 173 Å². The number of carboxylic acid groups (broad SMARTS) is 1. The van der Waals surface area contributed by atoms with Crippen LogP contribution in [0.15, 0.2) is 234 Å². The van der Waals surface area contributed by atoms with Gasteiger partial charge in [-0.15, -0.1) is 0 Å². The normalized spacial score (nSPS) is 13.7. The first-order valence-electron chi connectivity index (χ1n) is 35.5. The number of alkyl halides is 3. The fourth-order valence-corrected chi connectivity index (χ4v) is 15.2. The topological polar surface area (TPSA) is 461 Å². The molecule has 11 N–H and O–H groups in total. The van der Waals surface area contributed by atoms with E-state index in [2.05, 4.69) is 56.1 Å². The van der Waals surface area contributed by atoms with Gasteiger partial charge in [-0.1, -0.05) is 130 Å². The first-order chi connectivity index (χ1) is 55.5.